The molecule has 0 saturated carbocycles. The molecule has 0 spiro atoms. The molecule has 1 aromatic carbocycles. The smallest absolute Gasteiger partial charge is 0.419 e. The summed E-state index contributed by atoms with van der Waals surface area (Å²) in [5.74, 6) is -3.12. The zero-order chi connectivity index (χ0) is 32.3. The van der Waals surface area contributed by atoms with Crippen molar-refractivity contribution in [3.63, 3.8) is 0 Å². The number of nitrogens with zero attached hydrogens (tertiary/aromatic N) is 6. The molecule has 3 N–H and O–H groups in total. The first-order chi connectivity index (χ1) is 21.3. The van der Waals surface area contributed by atoms with Crippen molar-refractivity contribution in [3.05, 3.63) is 35.0 Å². The van der Waals surface area contributed by atoms with Crippen LogP contribution in [0.3, 0.4) is 0 Å². The topological polar surface area (TPSA) is 116 Å². The van der Waals surface area contributed by atoms with Crippen LogP contribution in [0.15, 0.2) is 12.3 Å². The number of nitrogens with two attached hydrogens (primary N) is 1. The molecule has 3 fully saturated rings. The van der Waals surface area contributed by atoms with E-state index in [1.807, 2.05) is 18.9 Å². The van der Waals surface area contributed by atoms with E-state index in [2.05, 4.69) is 25.2 Å². The number of alkyl halides is 4. The Labute approximate surface area is 255 Å². The number of pyridine rings is 1. The summed E-state index contributed by atoms with van der Waals surface area (Å²) in [7, 11) is 1.92. The quantitative estimate of drug-likeness (QED) is 0.294. The molecule has 3 saturated heterocycles. The summed E-state index contributed by atoms with van der Waals surface area (Å²) in [6, 6.07) is 1.97. The number of likely N-dealkylation sites (tertiary alicyclic amines) is 1. The predicted octanol–water partition coefficient (Wildman–Crippen LogP) is 4.69. The van der Waals surface area contributed by atoms with Gasteiger partial charge in [-0.15, -0.1) is 0 Å². The summed E-state index contributed by atoms with van der Waals surface area (Å²) >= 11 is 0. The van der Waals surface area contributed by atoms with Gasteiger partial charge in [-0.05, 0) is 44.8 Å². The fraction of sp³-hybridized carbons (Fsp3) is 0.533. The van der Waals surface area contributed by atoms with E-state index >= 15 is 4.39 Å². The Hall–Kier alpha value is -3.90. The molecule has 4 atom stereocenters. The van der Waals surface area contributed by atoms with E-state index in [0.717, 1.165) is 25.6 Å². The number of nitriles is 1. The van der Waals surface area contributed by atoms with E-state index in [0.29, 0.717) is 32.1 Å². The molecule has 9 nitrogen and oxygen atoms in total. The highest BCUT2D eigenvalue weighted by Gasteiger charge is 2.42. The molecule has 0 aliphatic carbocycles. The van der Waals surface area contributed by atoms with Gasteiger partial charge < -0.3 is 25.6 Å². The van der Waals surface area contributed by atoms with E-state index < -0.39 is 63.5 Å². The number of rotatable bonds is 6. The molecule has 5 heterocycles. The number of nitrogen functional groups attached to an aromatic ring is 1. The van der Waals surface area contributed by atoms with Crippen molar-refractivity contribution in [1.82, 2.24) is 25.2 Å². The molecule has 3 aliphatic rings. The number of hydrogen-bond donors (Lipinski definition) is 2. The van der Waals surface area contributed by atoms with Gasteiger partial charge in [-0.25, -0.2) is 8.78 Å². The van der Waals surface area contributed by atoms with Crippen molar-refractivity contribution in [2.45, 2.75) is 44.4 Å². The molecule has 6 rings (SSSR count). The van der Waals surface area contributed by atoms with Crippen LogP contribution in [0.4, 0.5) is 37.8 Å². The Morgan fingerprint density at radius 1 is 1.18 bits per heavy atom. The second kappa shape index (κ2) is 11.5. The number of ether oxygens (including phenoxy) is 1. The lowest BCUT2D eigenvalue weighted by molar-refractivity contribution is -0.139. The molecule has 2 bridgehead atoms. The summed E-state index contributed by atoms with van der Waals surface area (Å²) in [6.45, 7) is 3.64. The van der Waals surface area contributed by atoms with Gasteiger partial charge in [0.1, 0.15) is 34.5 Å². The third kappa shape index (κ3) is 5.58. The van der Waals surface area contributed by atoms with Crippen LogP contribution < -0.4 is 20.7 Å². The van der Waals surface area contributed by atoms with Gasteiger partial charge in [0.05, 0.1) is 29.9 Å². The van der Waals surface area contributed by atoms with E-state index in [1.165, 1.54) is 6.07 Å². The predicted molar refractivity (Wildman–Crippen MR) is 154 cm³/mol. The molecule has 0 amide bonds. The van der Waals surface area contributed by atoms with Crippen molar-refractivity contribution >= 4 is 22.4 Å². The Morgan fingerprint density at radius 2 is 1.89 bits per heavy atom. The van der Waals surface area contributed by atoms with Crippen molar-refractivity contribution in [2.24, 2.45) is 11.3 Å². The molecule has 15 heteroatoms. The maximum absolute atomic E-state index is 16.5. The standard InChI is InChI=1S/C30H32F6N8O/c1-29(13-43(2)6-5-15(29)8-31)14-45-28-41-25-19(27(42-28)44-11-16-3-4-17(12-44)40-16)10-39-26(24(25)33)22-18(9-37)21(38)7-20(32)23(22)30(34,35)36/h7,10,15-17,40H,3-6,8,11-14,38H2,1-2H3/t15-,16-,17+,29+/m1/s1. The fourth-order valence-electron chi connectivity index (χ4n) is 6.98. The number of nitrogens with one attached hydrogen (secondary N) is 1. The van der Waals surface area contributed by atoms with E-state index in [9.17, 15) is 27.2 Å². The Bertz CT molecular complexity index is 1670. The first-order valence-corrected chi connectivity index (χ1v) is 14.7. The van der Waals surface area contributed by atoms with Crippen LogP contribution in [0.25, 0.3) is 22.2 Å². The molecule has 45 heavy (non-hydrogen) atoms. The SMILES string of the molecule is CN1CC[C@H](CF)[C@](C)(COc2nc(N3C[C@H]4CC[C@@H](C3)N4)c3cnc(-c4c(C#N)c(N)cc(F)c4C(F)(F)F)c(F)c3n2)C1. The first kappa shape index (κ1) is 31.1. The van der Waals surface area contributed by atoms with Crippen LogP contribution in [0.1, 0.15) is 37.3 Å². The maximum Gasteiger partial charge on any atom is 0.419 e. The highest BCUT2D eigenvalue weighted by atomic mass is 19.4. The van der Waals surface area contributed by atoms with Crippen molar-refractivity contribution in [1.29, 1.82) is 5.26 Å². The first-order valence-electron chi connectivity index (χ1n) is 14.7. The van der Waals surface area contributed by atoms with Crippen LogP contribution >= 0.6 is 0 Å². The van der Waals surface area contributed by atoms with Crippen molar-refractivity contribution in [3.8, 4) is 23.3 Å². The number of piperidine rings is 1. The number of hydrogen-bond acceptors (Lipinski definition) is 9. The average Bonchev–Trinajstić information content (AvgIpc) is 3.32. The van der Waals surface area contributed by atoms with Gasteiger partial charge in [-0.2, -0.15) is 28.4 Å². The van der Waals surface area contributed by atoms with Crippen molar-refractivity contribution < 1.29 is 31.1 Å². The minimum atomic E-state index is -5.30. The number of piperazine rings is 1. The largest absolute Gasteiger partial charge is 0.463 e. The third-order valence-corrected chi connectivity index (χ3v) is 9.29. The summed E-state index contributed by atoms with van der Waals surface area (Å²) in [4.78, 5) is 16.8. The van der Waals surface area contributed by atoms with E-state index in [1.54, 1.807) is 0 Å². The summed E-state index contributed by atoms with van der Waals surface area (Å²) in [6.07, 6.45) is -1.71. The zero-order valence-electron chi connectivity index (χ0n) is 24.7. The monoisotopic (exact) mass is 634 g/mol. The van der Waals surface area contributed by atoms with E-state index in [4.69, 9.17) is 10.5 Å². The summed E-state index contributed by atoms with van der Waals surface area (Å²) < 4.78 is 93.6. The van der Waals surface area contributed by atoms with E-state index in [-0.39, 0.29) is 41.8 Å². The van der Waals surface area contributed by atoms with Gasteiger partial charge in [-0.1, -0.05) is 6.92 Å². The molecule has 0 radical (unpaired) electrons. The highest BCUT2D eigenvalue weighted by molar-refractivity contribution is 5.93. The van der Waals surface area contributed by atoms with Crippen LogP contribution in [0, 0.1) is 34.3 Å². The number of fused-ring (bicyclic) bond motifs is 3. The number of anilines is 2. The van der Waals surface area contributed by atoms with Crippen molar-refractivity contribution in [2.75, 3.05) is 57.1 Å². The van der Waals surface area contributed by atoms with Gasteiger partial charge in [0.25, 0.3) is 0 Å². The minimum absolute atomic E-state index is 0.000467. The fourth-order valence-corrected chi connectivity index (χ4v) is 6.98. The Balaban J connectivity index is 1.51. The second-order valence-corrected chi connectivity index (χ2v) is 12.6. The Kier molecular flexibility index (Phi) is 7.93. The molecule has 3 aromatic rings. The maximum atomic E-state index is 16.5. The number of halogens is 6. The summed E-state index contributed by atoms with van der Waals surface area (Å²) in [5, 5.41) is 13.3. The lowest BCUT2D eigenvalue weighted by atomic mass is 9.73. The zero-order valence-corrected chi connectivity index (χ0v) is 24.7. The lowest BCUT2D eigenvalue weighted by Crippen LogP contribution is -2.51. The molecule has 0 unspecified atom stereocenters. The van der Waals surface area contributed by atoms with Gasteiger partial charge in [0, 0.05) is 48.9 Å². The molecule has 3 aliphatic heterocycles. The molecule has 2 aromatic heterocycles. The van der Waals surface area contributed by atoms with Gasteiger partial charge in [0.15, 0.2) is 5.82 Å². The molecular weight excluding hydrogens is 602 g/mol. The van der Waals surface area contributed by atoms with Crippen LogP contribution in [0.2, 0.25) is 0 Å². The lowest BCUT2D eigenvalue weighted by Gasteiger charge is -2.43. The second-order valence-electron chi connectivity index (χ2n) is 12.6. The normalized spacial score (nSPS) is 25.5. The molecular formula is C30H32F6N8O. The van der Waals surface area contributed by atoms with Crippen LogP contribution in [0.5, 0.6) is 6.01 Å². The number of benzene rings is 1. The highest BCUT2D eigenvalue weighted by Crippen LogP contribution is 2.44. The van der Waals surface area contributed by atoms with Gasteiger partial charge in [-0.3, -0.25) is 9.37 Å². The third-order valence-electron chi connectivity index (χ3n) is 9.29. The molecule has 240 valence electrons. The Morgan fingerprint density at radius 3 is 2.53 bits per heavy atom. The average molecular weight is 635 g/mol. The van der Waals surface area contributed by atoms with Gasteiger partial charge in [0.2, 0.25) is 0 Å². The van der Waals surface area contributed by atoms with Crippen LogP contribution in [-0.2, 0) is 6.18 Å². The van der Waals surface area contributed by atoms with Gasteiger partial charge >= 0.3 is 12.2 Å². The minimum Gasteiger partial charge on any atom is -0.463 e. The van der Waals surface area contributed by atoms with Crippen LogP contribution in [-0.4, -0.2) is 78.4 Å². The summed E-state index contributed by atoms with van der Waals surface area (Å²) in [5.41, 5.74) is -0.629. The number of aromatic nitrogens is 3.